The van der Waals surface area contributed by atoms with Crippen LogP contribution < -0.4 is 9.64 Å². The lowest BCUT2D eigenvalue weighted by atomic mass is 10.0. The summed E-state index contributed by atoms with van der Waals surface area (Å²) in [4.78, 5) is 10.8. The van der Waals surface area contributed by atoms with Gasteiger partial charge in [0.05, 0.1) is 23.2 Å². The molecule has 0 aliphatic carbocycles. The lowest BCUT2D eigenvalue weighted by molar-refractivity contribution is 0.458. The molecule has 30 heavy (non-hydrogen) atoms. The zero-order chi connectivity index (χ0) is 21.1. The molecule has 3 aromatic rings. The third-order valence-corrected chi connectivity index (χ3v) is 5.76. The third kappa shape index (κ3) is 4.29. The first-order valence-corrected chi connectivity index (χ1v) is 11.5. The summed E-state index contributed by atoms with van der Waals surface area (Å²) in [6.07, 6.45) is 5.30. The van der Waals surface area contributed by atoms with Crippen LogP contribution in [0.1, 0.15) is 37.2 Å². The van der Waals surface area contributed by atoms with Crippen LogP contribution in [0.15, 0.2) is 60.9 Å². The molecule has 2 aromatic carbocycles. The Hall–Kier alpha value is -2.97. The molecule has 0 amide bonds. The smallest absolute Gasteiger partial charge is 0.264 e. The molecule has 0 saturated carbocycles. The van der Waals surface area contributed by atoms with Crippen LogP contribution in [0.5, 0.6) is 11.5 Å². The molecule has 1 atom stereocenters. The molecule has 8 heteroatoms. The average molecular weight is 426 g/mol. The lowest BCUT2D eigenvalue weighted by Gasteiger charge is -2.38. The number of fused-ring (bicyclic) bond motifs is 2. The summed E-state index contributed by atoms with van der Waals surface area (Å²) in [6, 6.07) is 14.8. The van der Waals surface area contributed by atoms with Gasteiger partial charge in [0.25, 0.3) is 10.1 Å². The number of hydrogen-bond donors (Lipinski definition) is 1. The van der Waals surface area contributed by atoms with Gasteiger partial charge < -0.3 is 9.64 Å². The summed E-state index contributed by atoms with van der Waals surface area (Å²) >= 11 is 0. The second-order valence-corrected chi connectivity index (χ2v) is 8.76. The maximum atomic E-state index is 11.6. The van der Waals surface area contributed by atoms with Crippen molar-refractivity contribution in [2.75, 3.05) is 10.7 Å². The number of anilines is 2. The quantitative estimate of drug-likeness (QED) is 0.549. The Bertz CT molecular complexity index is 1140. The summed E-state index contributed by atoms with van der Waals surface area (Å²) in [5.41, 5.74) is 2.78. The fourth-order valence-electron chi connectivity index (χ4n) is 3.73. The number of benzene rings is 2. The van der Waals surface area contributed by atoms with Crippen LogP contribution >= 0.6 is 0 Å². The summed E-state index contributed by atoms with van der Waals surface area (Å²) < 4.78 is 38.6. The summed E-state index contributed by atoms with van der Waals surface area (Å²) in [5.74, 6) is 1.42. The molecule has 1 N–H and O–H groups in total. The minimum Gasteiger partial charge on any atom is -0.453 e. The molecule has 0 saturated heterocycles. The highest BCUT2D eigenvalue weighted by molar-refractivity contribution is 7.85. The lowest BCUT2D eigenvalue weighted by Crippen LogP contribution is -2.30. The van der Waals surface area contributed by atoms with Crippen molar-refractivity contribution in [3.63, 3.8) is 0 Å². The van der Waals surface area contributed by atoms with E-state index in [2.05, 4.69) is 23.0 Å². The van der Waals surface area contributed by atoms with E-state index in [0.29, 0.717) is 17.3 Å². The maximum Gasteiger partial charge on any atom is 0.264 e. The van der Waals surface area contributed by atoms with E-state index in [0.717, 1.165) is 29.8 Å². The van der Waals surface area contributed by atoms with Crippen LogP contribution in [-0.2, 0) is 16.5 Å². The van der Waals surface area contributed by atoms with Crippen LogP contribution in [0, 0.1) is 0 Å². The molecule has 0 spiro atoms. The van der Waals surface area contributed by atoms with E-state index >= 15 is 0 Å². The first kappa shape index (κ1) is 20.3. The molecule has 2 heterocycles. The van der Waals surface area contributed by atoms with Gasteiger partial charge in [0.2, 0.25) is 0 Å². The molecule has 0 fully saturated rings. The van der Waals surface area contributed by atoms with Crippen LogP contribution in [0.25, 0.3) is 0 Å². The molecule has 0 bridgehead atoms. The minimum absolute atomic E-state index is 0.120. The van der Waals surface area contributed by atoms with Crippen molar-refractivity contribution < 1.29 is 17.7 Å². The van der Waals surface area contributed by atoms with Crippen molar-refractivity contribution in [3.05, 3.63) is 72.3 Å². The third-order valence-electron chi connectivity index (χ3n) is 5.01. The normalized spacial score (nSPS) is 13.9. The number of nitrogens with zero attached hydrogens (tertiary/aromatic N) is 3. The van der Waals surface area contributed by atoms with Crippen molar-refractivity contribution in [3.8, 4) is 11.5 Å². The maximum absolute atomic E-state index is 11.6. The van der Waals surface area contributed by atoms with Crippen molar-refractivity contribution in [1.29, 1.82) is 0 Å². The predicted molar refractivity (Wildman–Crippen MR) is 115 cm³/mol. The predicted octanol–water partition coefficient (Wildman–Crippen LogP) is 4.69. The van der Waals surface area contributed by atoms with Gasteiger partial charge in [-0.25, -0.2) is 9.97 Å². The van der Waals surface area contributed by atoms with E-state index in [4.69, 9.17) is 4.74 Å². The zero-order valence-corrected chi connectivity index (χ0v) is 17.4. The van der Waals surface area contributed by atoms with Crippen LogP contribution in [0.3, 0.4) is 0 Å². The summed E-state index contributed by atoms with van der Waals surface area (Å²) in [5, 5.41) is 0. The molecule has 1 aliphatic rings. The Labute approximate surface area is 176 Å². The Balaban J connectivity index is 1.87. The monoisotopic (exact) mass is 425 g/mol. The van der Waals surface area contributed by atoms with Gasteiger partial charge in [0.1, 0.15) is 0 Å². The fraction of sp³-hybridized carbons (Fsp3) is 0.273. The van der Waals surface area contributed by atoms with Gasteiger partial charge >= 0.3 is 0 Å². The molecule has 0 radical (unpaired) electrons. The standard InChI is InChI=1S/C22H23N3O4S/c1-2-6-16-9-10-21-19(15-16)25(17-7-3-4-8-20(17)29-21)18(11-14-30(26,27)28)22-23-12-5-13-24-22/h3-5,7-10,12-13,15,18H,2,6,11,14H2,1H3,(H,26,27,28). The Morgan fingerprint density at radius 1 is 1.03 bits per heavy atom. The van der Waals surface area contributed by atoms with Crippen LogP contribution in [0.2, 0.25) is 0 Å². The largest absolute Gasteiger partial charge is 0.453 e. The van der Waals surface area contributed by atoms with E-state index in [9.17, 15) is 13.0 Å². The van der Waals surface area contributed by atoms with Gasteiger partial charge in [-0.15, -0.1) is 0 Å². The Kier molecular flexibility index (Phi) is 5.69. The highest BCUT2D eigenvalue weighted by atomic mass is 32.2. The second-order valence-electron chi connectivity index (χ2n) is 7.19. The number of aromatic nitrogens is 2. The Morgan fingerprint density at radius 2 is 1.77 bits per heavy atom. The van der Waals surface area contributed by atoms with Crippen molar-refractivity contribution in [2.45, 2.75) is 32.2 Å². The van der Waals surface area contributed by atoms with E-state index < -0.39 is 21.9 Å². The summed E-state index contributed by atoms with van der Waals surface area (Å²) in [6.45, 7) is 2.12. The molecule has 156 valence electrons. The minimum atomic E-state index is -4.15. The van der Waals surface area contributed by atoms with Crippen molar-refractivity contribution in [1.82, 2.24) is 9.97 Å². The van der Waals surface area contributed by atoms with Gasteiger partial charge in [-0.2, -0.15) is 8.42 Å². The topological polar surface area (TPSA) is 92.6 Å². The van der Waals surface area contributed by atoms with E-state index in [1.54, 1.807) is 18.5 Å². The van der Waals surface area contributed by atoms with Crippen molar-refractivity contribution in [2.24, 2.45) is 0 Å². The number of aryl methyl sites for hydroxylation is 1. The first-order valence-electron chi connectivity index (χ1n) is 9.87. The fourth-order valence-corrected chi connectivity index (χ4v) is 4.25. The van der Waals surface area contributed by atoms with E-state index in [-0.39, 0.29) is 6.42 Å². The number of rotatable bonds is 7. The van der Waals surface area contributed by atoms with Gasteiger partial charge in [-0.05, 0) is 48.7 Å². The molecule has 4 rings (SSSR count). The molecular weight excluding hydrogens is 402 g/mol. The van der Waals surface area contributed by atoms with Gasteiger partial charge in [-0.3, -0.25) is 4.55 Å². The number of para-hydroxylation sites is 2. The van der Waals surface area contributed by atoms with Gasteiger partial charge in [0.15, 0.2) is 17.3 Å². The second kappa shape index (κ2) is 8.41. The van der Waals surface area contributed by atoms with Crippen molar-refractivity contribution >= 4 is 21.5 Å². The molecule has 7 nitrogen and oxygen atoms in total. The van der Waals surface area contributed by atoms with E-state index in [1.165, 1.54) is 0 Å². The Morgan fingerprint density at radius 3 is 2.50 bits per heavy atom. The highest BCUT2D eigenvalue weighted by Gasteiger charge is 2.33. The number of ether oxygens (including phenoxy) is 1. The summed E-state index contributed by atoms with van der Waals surface area (Å²) in [7, 11) is -4.15. The molecular formula is C22H23N3O4S. The number of hydrogen-bond acceptors (Lipinski definition) is 6. The van der Waals surface area contributed by atoms with Gasteiger partial charge in [0, 0.05) is 12.4 Å². The van der Waals surface area contributed by atoms with Gasteiger partial charge in [-0.1, -0.05) is 31.5 Å². The van der Waals surface area contributed by atoms with E-state index in [1.807, 2.05) is 41.3 Å². The van der Waals surface area contributed by atoms with Crippen LogP contribution in [-0.4, -0.2) is 28.7 Å². The zero-order valence-electron chi connectivity index (χ0n) is 16.6. The molecule has 1 aliphatic heterocycles. The first-order chi connectivity index (χ1) is 14.5. The average Bonchev–Trinajstić information content (AvgIpc) is 2.73. The SMILES string of the molecule is CCCc1ccc2c(c1)N(C(CCS(=O)(=O)O)c1ncccn1)c1ccccc1O2. The molecule has 1 aromatic heterocycles. The highest BCUT2D eigenvalue weighted by Crippen LogP contribution is 2.50. The molecule has 1 unspecified atom stereocenters. The van der Waals surface area contributed by atoms with Crippen LogP contribution in [0.4, 0.5) is 11.4 Å².